The molecular weight excluding hydrogens is 468 g/mol. The number of fused-ring (bicyclic) bond motifs is 1. The normalized spacial score (nSPS) is 11.1. The number of nitrogens with one attached hydrogen (secondary N) is 3. The Kier molecular flexibility index (Phi) is 5.85. The first-order valence-electron chi connectivity index (χ1n) is 10.5. The Bertz CT molecular complexity index is 1580. The van der Waals surface area contributed by atoms with Crippen molar-refractivity contribution in [3.05, 3.63) is 71.5 Å². The second-order valence-corrected chi connectivity index (χ2v) is 7.56. The van der Waals surface area contributed by atoms with Crippen LogP contribution in [0.25, 0.3) is 22.6 Å². The highest BCUT2D eigenvalue weighted by molar-refractivity contribution is 5.92. The van der Waals surface area contributed by atoms with E-state index in [0.29, 0.717) is 22.9 Å². The molecule has 0 aliphatic carbocycles. The fourth-order valence-corrected chi connectivity index (χ4v) is 3.17. The first-order valence-corrected chi connectivity index (χ1v) is 10.5. The third-order valence-electron chi connectivity index (χ3n) is 4.99. The Hall–Kier alpha value is -5.46. The second-order valence-electron chi connectivity index (χ2n) is 7.56. The van der Waals surface area contributed by atoms with E-state index >= 15 is 0 Å². The van der Waals surface area contributed by atoms with Gasteiger partial charge in [-0.05, 0) is 59.7 Å². The van der Waals surface area contributed by atoms with Gasteiger partial charge in [-0.3, -0.25) is 16.3 Å². The van der Waals surface area contributed by atoms with E-state index in [9.17, 15) is 15.0 Å². The predicted octanol–water partition coefficient (Wildman–Crippen LogP) is 3.87. The maximum Gasteiger partial charge on any atom is 0.339 e. The molecule has 0 aliphatic heterocycles. The standard InChI is InChI=1S/C23H18N8O5/c1-12-2-5-14(6-3-12)27-29-20-19(25-21-22(26-20)31-36-30-21)28-24-11-15-7-9-18(35-15)13-4-8-17(32)16(10-13)23(33)34/h2-11,27,32H,1H3,(H,33,34)(H,25,28,30)(H,26,29,31)/b24-11+. The number of benzene rings is 2. The van der Waals surface area contributed by atoms with Gasteiger partial charge in [0.15, 0.2) is 11.6 Å². The average molecular weight is 486 g/mol. The lowest BCUT2D eigenvalue weighted by Crippen LogP contribution is -2.13. The molecule has 2 aromatic carbocycles. The second kappa shape index (κ2) is 9.42. The van der Waals surface area contributed by atoms with Gasteiger partial charge < -0.3 is 14.6 Å². The van der Waals surface area contributed by atoms with Crippen molar-refractivity contribution < 1.29 is 24.1 Å². The smallest absolute Gasteiger partial charge is 0.339 e. The summed E-state index contributed by atoms with van der Waals surface area (Å²) in [6.07, 6.45) is 1.41. The number of hydrogen-bond acceptors (Lipinski definition) is 12. The SMILES string of the molecule is Cc1ccc(NNc2nc3nonc3nc2N/N=C/c2ccc(-c3ccc(O)c(C(=O)O)c3)o2)cc1. The first kappa shape index (κ1) is 22.3. The van der Waals surface area contributed by atoms with Crippen molar-refractivity contribution in [2.45, 2.75) is 6.92 Å². The Morgan fingerprint density at radius 1 is 0.972 bits per heavy atom. The number of carboxylic acid groups (broad SMARTS) is 1. The molecule has 0 spiro atoms. The lowest BCUT2D eigenvalue weighted by atomic mass is 10.1. The van der Waals surface area contributed by atoms with Crippen LogP contribution >= 0.6 is 0 Å². The molecule has 0 atom stereocenters. The van der Waals surface area contributed by atoms with Crippen molar-refractivity contribution in [2.75, 3.05) is 16.3 Å². The number of aromatic hydroxyl groups is 1. The van der Waals surface area contributed by atoms with Crippen LogP contribution in [0.3, 0.4) is 0 Å². The van der Waals surface area contributed by atoms with Gasteiger partial charge in [0.1, 0.15) is 22.8 Å². The van der Waals surface area contributed by atoms with Gasteiger partial charge in [0.25, 0.3) is 0 Å². The molecule has 0 aliphatic rings. The summed E-state index contributed by atoms with van der Waals surface area (Å²) >= 11 is 0. The molecule has 13 heteroatoms. The number of aromatic carboxylic acids is 1. The number of hydrogen-bond donors (Lipinski definition) is 5. The molecule has 5 aromatic rings. The largest absolute Gasteiger partial charge is 0.507 e. The van der Waals surface area contributed by atoms with Crippen LogP contribution in [-0.2, 0) is 0 Å². The summed E-state index contributed by atoms with van der Waals surface area (Å²) in [6, 6.07) is 15.2. The number of rotatable bonds is 8. The van der Waals surface area contributed by atoms with Crippen LogP contribution in [0.4, 0.5) is 17.3 Å². The van der Waals surface area contributed by atoms with E-state index < -0.39 is 5.97 Å². The third kappa shape index (κ3) is 4.75. The first-order chi connectivity index (χ1) is 17.5. The van der Waals surface area contributed by atoms with Crippen LogP contribution in [0.15, 0.2) is 68.7 Å². The minimum Gasteiger partial charge on any atom is -0.507 e. The van der Waals surface area contributed by atoms with Gasteiger partial charge >= 0.3 is 5.97 Å². The van der Waals surface area contributed by atoms with E-state index in [1.54, 1.807) is 18.2 Å². The van der Waals surface area contributed by atoms with Crippen molar-refractivity contribution in [2.24, 2.45) is 5.10 Å². The molecule has 0 fully saturated rings. The number of phenols is 1. The molecule has 0 radical (unpaired) electrons. The number of hydrazone groups is 1. The fourth-order valence-electron chi connectivity index (χ4n) is 3.17. The van der Waals surface area contributed by atoms with E-state index in [2.05, 4.69) is 41.7 Å². The highest BCUT2D eigenvalue weighted by Gasteiger charge is 2.14. The molecule has 5 N–H and O–H groups in total. The number of carboxylic acids is 1. The van der Waals surface area contributed by atoms with Gasteiger partial charge in [0, 0.05) is 5.56 Å². The summed E-state index contributed by atoms with van der Waals surface area (Å²) in [7, 11) is 0. The van der Waals surface area contributed by atoms with Crippen LogP contribution in [0, 0.1) is 6.92 Å². The average Bonchev–Trinajstić information content (AvgIpc) is 3.53. The molecule has 5 rings (SSSR count). The van der Waals surface area contributed by atoms with E-state index in [1.165, 1.54) is 18.3 Å². The monoisotopic (exact) mass is 486 g/mol. The minimum absolute atomic E-state index is 0.190. The van der Waals surface area contributed by atoms with Gasteiger partial charge in [-0.2, -0.15) is 15.1 Å². The van der Waals surface area contributed by atoms with Crippen LogP contribution < -0.4 is 16.3 Å². The Balaban J connectivity index is 1.33. The molecule has 0 bridgehead atoms. The van der Waals surface area contributed by atoms with Gasteiger partial charge in [0.05, 0.1) is 11.9 Å². The van der Waals surface area contributed by atoms with Crippen molar-refractivity contribution in [3.8, 4) is 17.1 Å². The lowest BCUT2D eigenvalue weighted by molar-refractivity contribution is 0.0694. The summed E-state index contributed by atoms with van der Waals surface area (Å²) < 4.78 is 10.4. The van der Waals surface area contributed by atoms with E-state index in [1.807, 2.05) is 31.2 Å². The number of furan rings is 1. The minimum atomic E-state index is -1.24. The molecule has 13 nitrogen and oxygen atoms in total. The van der Waals surface area contributed by atoms with Crippen molar-refractivity contribution >= 4 is 40.8 Å². The van der Waals surface area contributed by atoms with Crippen molar-refractivity contribution in [3.63, 3.8) is 0 Å². The van der Waals surface area contributed by atoms with E-state index in [-0.39, 0.29) is 28.4 Å². The molecule has 0 amide bonds. The zero-order chi connectivity index (χ0) is 25.1. The number of carbonyl (C=O) groups is 1. The highest BCUT2D eigenvalue weighted by Crippen LogP contribution is 2.27. The van der Waals surface area contributed by atoms with Gasteiger partial charge in [-0.25, -0.2) is 9.42 Å². The van der Waals surface area contributed by atoms with Gasteiger partial charge in [0.2, 0.25) is 11.3 Å². The lowest BCUT2D eigenvalue weighted by Gasteiger charge is -2.11. The molecule has 180 valence electrons. The van der Waals surface area contributed by atoms with E-state index in [4.69, 9.17) is 9.05 Å². The molecule has 0 saturated carbocycles. The summed E-state index contributed by atoms with van der Waals surface area (Å²) in [4.78, 5) is 19.9. The Labute approximate surface area is 202 Å². The Morgan fingerprint density at radius 3 is 2.47 bits per heavy atom. The summed E-state index contributed by atoms with van der Waals surface area (Å²) in [5, 5.41) is 30.4. The number of aryl methyl sites for hydroxylation is 1. The molecule has 0 unspecified atom stereocenters. The zero-order valence-corrected chi connectivity index (χ0v) is 18.6. The van der Waals surface area contributed by atoms with Crippen LogP contribution in [0.2, 0.25) is 0 Å². The number of nitrogens with zero attached hydrogens (tertiary/aromatic N) is 5. The fraction of sp³-hybridized carbons (Fsp3) is 0.0435. The van der Waals surface area contributed by atoms with Gasteiger partial charge in [-0.1, -0.05) is 17.7 Å². The molecule has 3 aromatic heterocycles. The van der Waals surface area contributed by atoms with Crippen LogP contribution in [0.5, 0.6) is 5.75 Å². The van der Waals surface area contributed by atoms with Crippen LogP contribution in [-0.4, -0.2) is 42.7 Å². The molecule has 3 heterocycles. The highest BCUT2D eigenvalue weighted by atomic mass is 16.6. The Morgan fingerprint density at radius 2 is 1.72 bits per heavy atom. The van der Waals surface area contributed by atoms with Crippen molar-refractivity contribution in [1.82, 2.24) is 20.3 Å². The molecule has 0 saturated heterocycles. The van der Waals surface area contributed by atoms with Crippen LogP contribution in [0.1, 0.15) is 21.7 Å². The maximum absolute atomic E-state index is 11.3. The summed E-state index contributed by atoms with van der Waals surface area (Å²) in [5.74, 6) is -0.253. The summed E-state index contributed by atoms with van der Waals surface area (Å²) in [6.45, 7) is 1.99. The topological polar surface area (TPSA) is 184 Å². The third-order valence-corrected chi connectivity index (χ3v) is 4.99. The van der Waals surface area contributed by atoms with Crippen molar-refractivity contribution in [1.29, 1.82) is 0 Å². The van der Waals surface area contributed by atoms with E-state index in [0.717, 1.165) is 11.3 Å². The molecular formula is C23H18N8O5. The van der Waals surface area contributed by atoms with Gasteiger partial charge in [-0.15, -0.1) is 0 Å². The number of anilines is 3. The maximum atomic E-state index is 11.3. The predicted molar refractivity (Wildman–Crippen MR) is 130 cm³/mol. The quantitative estimate of drug-likeness (QED) is 0.158. The number of hydrazine groups is 1. The molecule has 36 heavy (non-hydrogen) atoms. The number of aromatic nitrogens is 4. The summed E-state index contributed by atoms with van der Waals surface area (Å²) in [5.41, 5.74) is 11.4. The zero-order valence-electron chi connectivity index (χ0n) is 18.6.